The van der Waals surface area contributed by atoms with E-state index in [-0.39, 0.29) is 11.2 Å². The molecule has 4 fully saturated rings. The van der Waals surface area contributed by atoms with E-state index in [9.17, 15) is 8.42 Å². The Morgan fingerprint density at radius 3 is 1.82 bits per heavy atom. The van der Waals surface area contributed by atoms with Crippen molar-refractivity contribution in [2.24, 2.45) is 40.0 Å². The number of nitrogens with two attached hydrogens (primary N) is 2. The lowest BCUT2D eigenvalue weighted by molar-refractivity contribution is -0.0905. The first-order valence-electron chi connectivity index (χ1n) is 6.63. The maximum absolute atomic E-state index is 11.5. The maximum Gasteiger partial charge on any atom is 0.209 e. The van der Waals surface area contributed by atoms with Gasteiger partial charge < -0.3 is 5.73 Å². The third-order valence-corrected chi connectivity index (χ3v) is 6.55. The van der Waals surface area contributed by atoms with Crippen molar-refractivity contribution < 1.29 is 8.42 Å². The van der Waals surface area contributed by atoms with Gasteiger partial charge in [-0.25, -0.2) is 13.6 Å². The van der Waals surface area contributed by atoms with E-state index in [0.29, 0.717) is 18.4 Å². The van der Waals surface area contributed by atoms with Gasteiger partial charge >= 0.3 is 0 Å². The number of sulfonamides is 1. The van der Waals surface area contributed by atoms with E-state index in [1.807, 2.05) is 0 Å². The zero-order valence-corrected chi connectivity index (χ0v) is 11.0. The van der Waals surface area contributed by atoms with Crippen molar-refractivity contribution in [1.82, 2.24) is 0 Å². The van der Waals surface area contributed by atoms with Gasteiger partial charge in [0.05, 0.1) is 5.75 Å². The van der Waals surface area contributed by atoms with Crippen LogP contribution in [0.2, 0.25) is 0 Å². The van der Waals surface area contributed by atoms with E-state index in [1.54, 1.807) is 0 Å². The Bertz CT molecular complexity index is 390. The molecule has 4 bridgehead atoms. The van der Waals surface area contributed by atoms with Gasteiger partial charge in [-0.2, -0.15) is 0 Å². The standard InChI is InChI=1S/C12H22N2O2S/c13-6-12(7-17(14,15)16)10-2-8-1-9(4-10)5-11(12)3-8/h8-11H,1-7,13H2,(H2,14,15,16). The summed E-state index contributed by atoms with van der Waals surface area (Å²) < 4.78 is 23.0. The number of hydrogen-bond acceptors (Lipinski definition) is 3. The van der Waals surface area contributed by atoms with E-state index in [1.165, 1.54) is 32.1 Å². The second-order valence-electron chi connectivity index (χ2n) is 6.55. The van der Waals surface area contributed by atoms with E-state index < -0.39 is 10.0 Å². The van der Waals surface area contributed by atoms with E-state index >= 15 is 0 Å². The van der Waals surface area contributed by atoms with E-state index in [0.717, 1.165) is 11.8 Å². The van der Waals surface area contributed by atoms with E-state index in [2.05, 4.69) is 0 Å². The second kappa shape index (κ2) is 3.68. The normalized spacial score (nSPS) is 48.6. The van der Waals surface area contributed by atoms with Gasteiger partial charge in [0.25, 0.3) is 0 Å². The number of primary sulfonamides is 1. The van der Waals surface area contributed by atoms with Crippen LogP contribution in [0, 0.1) is 29.1 Å². The molecule has 0 saturated heterocycles. The topological polar surface area (TPSA) is 86.2 Å². The molecule has 5 heteroatoms. The molecule has 0 amide bonds. The highest BCUT2D eigenvalue weighted by Gasteiger charge is 2.57. The molecule has 4 aliphatic rings. The average molecular weight is 258 g/mol. The fourth-order valence-corrected chi connectivity index (χ4v) is 6.46. The van der Waals surface area contributed by atoms with Gasteiger partial charge in [-0.1, -0.05) is 0 Å². The predicted octanol–water partition coefficient (Wildman–Crippen LogP) is 0.676. The van der Waals surface area contributed by atoms with Crippen molar-refractivity contribution in [3.63, 3.8) is 0 Å². The molecule has 4 aliphatic carbocycles. The van der Waals surface area contributed by atoms with Crippen molar-refractivity contribution in [2.45, 2.75) is 32.1 Å². The first-order chi connectivity index (χ1) is 7.93. The molecule has 4 saturated carbocycles. The third-order valence-electron chi connectivity index (χ3n) is 5.61. The first-order valence-corrected chi connectivity index (χ1v) is 8.35. The van der Waals surface area contributed by atoms with Crippen LogP contribution in [0.5, 0.6) is 0 Å². The Hall–Kier alpha value is -0.130. The van der Waals surface area contributed by atoms with Gasteiger partial charge in [0.1, 0.15) is 0 Å². The quantitative estimate of drug-likeness (QED) is 0.780. The lowest BCUT2D eigenvalue weighted by Gasteiger charge is -2.61. The summed E-state index contributed by atoms with van der Waals surface area (Å²) >= 11 is 0. The summed E-state index contributed by atoms with van der Waals surface area (Å²) in [5.41, 5.74) is 5.77. The molecule has 98 valence electrons. The average Bonchev–Trinajstić information content (AvgIpc) is 2.21. The molecular weight excluding hydrogens is 236 g/mol. The molecule has 0 atom stereocenters. The molecule has 4 N–H and O–H groups in total. The highest BCUT2D eigenvalue weighted by molar-refractivity contribution is 7.89. The van der Waals surface area contributed by atoms with Crippen LogP contribution in [-0.4, -0.2) is 20.7 Å². The predicted molar refractivity (Wildman–Crippen MR) is 66.5 cm³/mol. The fraction of sp³-hybridized carbons (Fsp3) is 1.00. The van der Waals surface area contributed by atoms with Gasteiger partial charge in [0, 0.05) is 5.41 Å². The largest absolute Gasteiger partial charge is 0.330 e. The molecular formula is C12H22N2O2S. The fourth-order valence-electron chi connectivity index (χ4n) is 5.13. The Morgan fingerprint density at radius 1 is 1.00 bits per heavy atom. The van der Waals surface area contributed by atoms with Crippen LogP contribution in [-0.2, 0) is 10.0 Å². The minimum Gasteiger partial charge on any atom is -0.330 e. The molecule has 0 heterocycles. The van der Waals surface area contributed by atoms with Crippen LogP contribution in [0.4, 0.5) is 0 Å². The summed E-state index contributed by atoms with van der Waals surface area (Å²) in [7, 11) is -3.42. The summed E-state index contributed by atoms with van der Waals surface area (Å²) in [5, 5.41) is 5.29. The van der Waals surface area contributed by atoms with Crippen LogP contribution < -0.4 is 10.9 Å². The minimum atomic E-state index is -3.42. The molecule has 17 heavy (non-hydrogen) atoms. The van der Waals surface area contributed by atoms with Crippen molar-refractivity contribution in [1.29, 1.82) is 0 Å². The molecule has 0 aromatic heterocycles. The van der Waals surface area contributed by atoms with Crippen molar-refractivity contribution >= 4 is 10.0 Å². The summed E-state index contributed by atoms with van der Waals surface area (Å²) in [6.07, 6.45) is 6.09. The van der Waals surface area contributed by atoms with Crippen LogP contribution in [0.1, 0.15) is 32.1 Å². The Morgan fingerprint density at radius 2 is 1.47 bits per heavy atom. The van der Waals surface area contributed by atoms with Crippen LogP contribution in [0.15, 0.2) is 0 Å². The molecule has 0 aliphatic heterocycles. The van der Waals surface area contributed by atoms with E-state index in [4.69, 9.17) is 10.9 Å². The molecule has 0 spiro atoms. The van der Waals surface area contributed by atoms with Crippen LogP contribution in [0.3, 0.4) is 0 Å². The minimum absolute atomic E-state index is 0.102. The second-order valence-corrected chi connectivity index (χ2v) is 8.16. The zero-order chi connectivity index (χ0) is 12.3. The Balaban J connectivity index is 1.94. The highest BCUT2D eigenvalue weighted by Crippen LogP contribution is 2.62. The summed E-state index contributed by atoms with van der Waals surface area (Å²) in [6.45, 7) is 0.484. The van der Waals surface area contributed by atoms with Crippen molar-refractivity contribution in [3.8, 4) is 0 Å². The van der Waals surface area contributed by atoms with Gasteiger partial charge in [0.15, 0.2) is 0 Å². The molecule has 0 aromatic carbocycles. The van der Waals surface area contributed by atoms with Gasteiger partial charge in [-0.05, 0) is 62.3 Å². The van der Waals surface area contributed by atoms with Gasteiger partial charge in [-0.3, -0.25) is 0 Å². The maximum atomic E-state index is 11.5. The smallest absolute Gasteiger partial charge is 0.209 e. The molecule has 0 unspecified atom stereocenters. The third kappa shape index (κ3) is 1.83. The SMILES string of the molecule is NCC1(CS(N)(=O)=O)C2CC3CC(C2)CC1C3. The molecule has 4 nitrogen and oxygen atoms in total. The van der Waals surface area contributed by atoms with Crippen LogP contribution >= 0.6 is 0 Å². The van der Waals surface area contributed by atoms with Crippen molar-refractivity contribution in [2.75, 3.05) is 12.3 Å². The zero-order valence-electron chi connectivity index (χ0n) is 10.1. The highest BCUT2D eigenvalue weighted by atomic mass is 32.2. The summed E-state index contributed by atoms with van der Waals surface area (Å²) in [5.74, 6) is 2.77. The number of hydrogen-bond donors (Lipinski definition) is 2. The monoisotopic (exact) mass is 258 g/mol. The summed E-state index contributed by atoms with van der Waals surface area (Å²) in [4.78, 5) is 0. The molecule has 0 aromatic rings. The van der Waals surface area contributed by atoms with Gasteiger partial charge in [0.2, 0.25) is 10.0 Å². The van der Waals surface area contributed by atoms with Crippen LogP contribution in [0.25, 0.3) is 0 Å². The lowest BCUT2D eigenvalue weighted by Crippen LogP contribution is -2.59. The Kier molecular flexibility index (Phi) is 2.58. The number of rotatable bonds is 3. The Labute approximate surface area is 103 Å². The lowest BCUT2D eigenvalue weighted by atomic mass is 9.46. The van der Waals surface area contributed by atoms with Crippen molar-refractivity contribution in [3.05, 3.63) is 0 Å². The van der Waals surface area contributed by atoms with Gasteiger partial charge in [-0.15, -0.1) is 0 Å². The molecule has 0 radical (unpaired) electrons. The summed E-state index contributed by atoms with van der Waals surface area (Å²) in [6, 6.07) is 0. The first kappa shape index (κ1) is 11.9. The molecule has 4 rings (SSSR count).